The number of quaternary nitrogens is 1. The first-order valence-electron chi connectivity index (χ1n) is 21.6. The first kappa shape index (κ1) is 52.2. The molecule has 0 aromatic carbocycles. The van der Waals surface area contributed by atoms with Crippen molar-refractivity contribution in [2.45, 2.75) is 180 Å². The Hall–Kier alpha value is -1.80. The minimum absolute atomic E-state index is 0.00820. The number of amides is 1. The zero-order valence-corrected chi connectivity index (χ0v) is 36.3. The Morgan fingerprint density at radius 1 is 0.667 bits per heavy atom. The van der Waals surface area contributed by atoms with Crippen molar-refractivity contribution in [1.29, 1.82) is 0 Å². The van der Waals surface area contributed by atoms with E-state index in [1.54, 1.807) is 0 Å². The minimum atomic E-state index is -4.54. The Morgan fingerprint density at radius 2 is 1.13 bits per heavy atom. The summed E-state index contributed by atoms with van der Waals surface area (Å²) >= 11 is 0. The molecule has 0 heterocycles. The van der Waals surface area contributed by atoms with Gasteiger partial charge in [-0.15, -0.1) is 0 Å². The third kappa shape index (κ3) is 38.5. The van der Waals surface area contributed by atoms with E-state index >= 15 is 0 Å². The summed E-state index contributed by atoms with van der Waals surface area (Å²) in [6, 6.07) is -0.798. The van der Waals surface area contributed by atoms with Gasteiger partial charge in [0.25, 0.3) is 7.82 Å². The normalized spacial score (nSPS) is 15.0. The van der Waals surface area contributed by atoms with Crippen molar-refractivity contribution >= 4 is 13.7 Å². The molecule has 3 atom stereocenters. The first-order valence-corrected chi connectivity index (χ1v) is 23.1. The van der Waals surface area contributed by atoms with Crippen molar-refractivity contribution < 1.29 is 32.9 Å². The quantitative estimate of drug-likeness (QED) is 0.0280. The number of likely N-dealkylation sites (N-methyl/N-ethyl adjacent to an activating group) is 1. The topological polar surface area (TPSA) is 108 Å². The van der Waals surface area contributed by atoms with Crippen LogP contribution >= 0.6 is 7.82 Å². The summed E-state index contributed by atoms with van der Waals surface area (Å²) < 4.78 is 22.9. The second-order valence-corrected chi connectivity index (χ2v) is 17.1. The molecule has 8 nitrogen and oxygen atoms in total. The van der Waals surface area contributed by atoms with Gasteiger partial charge in [0.1, 0.15) is 13.2 Å². The van der Waals surface area contributed by atoms with E-state index in [-0.39, 0.29) is 19.1 Å². The van der Waals surface area contributed by atoms with Gasteiger partial charge in [-0.05, 0) is 57.8 Å². The molecule has 54 heavy (non-hydrogen) atoms. The lowest BCUT2D eigenvalue weighted by atomic mass is 10.0. The number of nitrogens with zero attached hydrogens (tertiary/aromatic N) is 1. The summed E-state index contributed by atoms with van der Waals surface area (Å²) in [7, 11) is 1.29. The highest BCUT2D eigenvalue weighted by atomic mass is 31.2. The highest BCUT2D eigenvalue weighted by Gasteiger charge is 2.24. The van der Waals surface area contributed by atoms with Gasteiger partial charge in [0.2, 0.25) is 5.91 Å². The summed E-state index contributed by atoms with van der Waals surface area (Å²) in [5, 5.41) is 13.5. The number of allylic oxidation sites excluding steroid dienone is 10. The van der Waals surface area contributed by atoms with Gasteiger partial charge in [-0.1, -0.05) is 164 Å². The molecule has 0 aliphatic rings. The van der Waals surface area contributed by atoms with E-state index < -0.39 is 20.0 Å². The molecule has 0 fully saturated rings. The number of rotatable bonds is 38. The number of aliphatic hydroxyl groups is 1. The van der Waals surface area contributed by atoms with E-state index in [2.05, 4.69) is 79.9 Å². The maximum atomic E-state index is 12.7. The van der Waals surface area contributed by atoms with Gasteiger partial charge in [-0.2, -0.15) is 0 Å². The number of unbranched alkanes of at least 4 members (excludes halogenated alkanes) is 15. The van der Waals surface area contributed by atoms with E-state index in [1.165, 1.54) is 70.6 Å². The fourth-order valence-electron chi connectivity index (χ4n) is 5.83. The van der Waals surface area contributed by atoms with Crippen LogP contribution in [-0.4, -0.2) is 68.5 Å². The molecule has 0 rings (SSSR count). The van der Waals surface area contributed by atoms with Gasteiger partial charge in [0, 0.05) is 6.42 Å². The molecule has 0 aliphatic heterocycles. The molecule has 0 spiro atoms. The molecule has 0 aromatic heterocycles. The highest BCUT2D eigenvalue weighted by Crippen LogP contribution is 2.38. The summed E-state index contributed by atoms with van der Waals surface area (Å²) in [4.78, 5) is 25.0. The Morgan fingerprint density at radius 3 is 1.61 bits per heavy atom. The number of aliphatic hydroxyl groups excluding tert-OH is 1. The van der Waals surface area contributed by atoms with Crippen molar-refractivity contribution in [3.63, 3.8) is 0 Å². The molecule has 1 amide bonds. The monoisotopic (exact) mass is 779 g/mol. The third-order valence-corrected chi connectivity index (χ3v) is 10.2. The summed E-state index contributed by atoms with van der Waals surface area (Å²) in [6.45, 7) is 4.41. The van der Waals surface area contributed by atoms with Crippen LogP contribution in [0.25, 0.3) is 0 Å². The third-order valence-electron chi connectivity index (χ3n) is 9.27. The second kappa shape index (κ2) is 36.8. The molecule has 0 aliphatic carbocycles. The van der Waals surface area contributed by atoms with Gasteiger partial charge in [0.15, 0.2) is 0 Å². The number of nitrogens with one attached hydrogen (secondary N) is 1. The van der Waals surface area contributed by atoms with Gasteiger partial charge in [-0.25, -0.2) is 0 Å². The molecule has 0 saturated heterocycles. The lowest BCUT2D eigenvalue weighted by Crippen LogP contribution is -2.46. The number of carbonyl (C=O) groups excluding carboxylic acids is 1. The van der Waals surface area contributed by atoms with E-state index in [4.69, 9.17) is 9.05 Å². The standard InChI is InChI=1S/C45H83N2O6P/c1-6-8-10-11-12-13-14-15-16-17-18-19-20-21-22-23-24-25-26-27-28-29-30-31-32-33-34-35-37-39-45(49)46-43(44(48)38-36-9-7-2)42-53-54(50,51)52-41-40-47(3,4)5/h8,10,12-13,15-16,18-19,21-22,43-44,48H,6-7,9,11,14,17,20,23-42H2,1-5H3,(H-,46,49,50,51)/b10-8-,13-12-,16-15-,19-18-,22-21-. The number of phosphoric ester groups is 1. The fourth-order valence-corrected chi connectivity index (χ4v) is 6.55. The van der Waals surface area contributed by atoms with Crippen LogP contribution in [-0.2, 0) is 18.4 Å². The van der Waals surface area contributed by atoms with Crippen molar-refractivity contribution in [3.05, 3.63) is 60.8 Å². The molecule has 0 saturated carbocycles. The molecule has 9 heteroatoms. The van der Waals surface area contributed by atoms with Gasteiger partial charge >= 0.3 is 0 Å². The number of hydrogen-bond donors (Lipinski definition) is 2. The van der Waals surface area contributed by atoms with Crippen LogP contribution < -0.4 is 10.2 Å². The zero-order chi connectivity index (χ0) is 40.0. The predicted octanol–water partition coefficient (Wildman–Crippen LogP) is 11.2. The fraction of sp³-hybridized carbons (Fsp3) is 0.756. The largest absolute Gasteiger partial charge is 0.756 e. The molecule has 3 unspecified atom stereocenters. The van der Waals surface area contributed by atoms with Crippen LogP contribution in [0.2, 0.25) is 0 Å². The van der Waals surface area contributed by atoms with Gasteiger partial charge < -0.3 is 28.8 Å². The zero-order valence-electron chi connectivity index (χ0n) is 35.4. The van der Waals surface area contributed by atoms with Crippen LogP contribution in [0.5, 0.6) is 0 Å². The molecule has 0 aromatic rings. The van der Waals surface area contributed by atoms with E-state index in [1.807, 2.05) is 21.1 Å². The predicted molar refractivity (Wildman–Crippen MR) is 228 cm³/mol. The van der Waals surface area contributed by atoms with E-state index in [0.29, 0.717) is 23.9 Å². The van der Waals surface area contributed by atoms with E-state index in [9.17, 15) is 19.4 Å². The van der Waals surface area contributed by atoms with Gasteiger partial charge in [-0.3, -0.25) is 9.36 Å². The number of hydrogen-bond acceptors (Lipinski definition) is 6. The SMILES string of the molecule is CC/C=C\C/C=C\C/C=C\C/C=C\C/C=C\CCCCCCCCCCCCCCCC(=O)NC(COP(=O)([O-])OCC[N+](C)(C)C)C(O)CCCCC. The Balaban J connectivity index is 3.87. The lowest BCUT2D eigenvalue weighted by Gasteiger charge is -2.30. The summed E-state index contributed by atoms with van der Waals surface area (Å²) in [6.07, 6.45) is 47.5. The average molecular weight is 779 g/mol. The molecular weight excluding hydrogens is 695 g/mol. The van der Waals surface area contributed by atoms with Crippen LogP contribution in [0, 0.1) is 0 Å². The molecule has 0 bridgehead atoms. The number of phosphoric acid groups is 1. The molecule has 314 valence electrons. The maximum Gasteiger partial charge on any atom is 0.268 e. The number of carbonyl (C=O) groups is 1. The van der Waals surface area contributed by atoms with Crippen molar-refractivity contribution in [3.8, 4) is 0 Å². The van der Waals surface area contributed by atoms with Crippen molar-refractivity contribution in [1.82, 2.24) is 5.32 Å². The maximum absolute atomic E-state index is 12.7. The Kier molecular flexibility index (Phi) is 35.6. The average Bonchev–Trinajstić information content (AvgIpc) is 3.12. The lowest BCUT2D eigenvalue weighted by molar-refractivity contribution is -0.870. The first-order chi connectivity index (χ1) is 26.0. The van der Waals surface area contributed by atoms with Crippen LogP contribution in [0.1, 0.15) is 168 Å². The summed E-state index contributed by atoms with van der Waals surface area (Å²) in [5.74, 6) is -0.181. The Bertz CT molecular complexity index is 1060. The van der Waals surface area contributed by atoms with Crippen LogP contribution in [0.4, 0.5) is 0 Å². The molecule has 2 N–H and O–H groups in total. The Labute approximate surface area is 332 Å². The highest BCUT2D eigenvalue weighted by molar-refractivity contribution is 7.45. The smallest absolute Gasteiger partial charge is 0.268 e. The molecular formula is C45H83N2O6P. The molecule has 0 radical (unpaired) electrons. The van der Waals surface area contributed by atoms with Crippen molar-refractivity contribution in [2.24, 2.45) is 0 Å². The van der Waals surface area contributed by atoms with E-state index in [0.717, 1.165) is 70.6 Å². The second-order valence-electron chi connectivity index (χ2n) is 15.7. The van der Waals surface area contributed by atoms with Crippen LogP contribution in [0.3, 0.4) is 0 Å². The van der Waals surface area contributed by atoms with Gasteiger partial charge in [0.05, 0.1) is 39.9 Å². The van der Waals surface area contributed by atoms with Crippen molar-refractivity contribution in [2.75, 3.05) is 40.9 Å². The minimum Gasteiger partial charge on any atom is -0.756 e. The van der Waals surface area contributed by atoms with Crippen LogP contribution in [0.15, 0.2) is 60.8 Å². The summed E-state index contributed by atoms with van der Waals surface area (Å²) in [5.41, 5.74) is 0.